The van der Waals surface area contributed by atoms with Gasteiger partial charge in [0.05, 0.1) is 12.7 Å². The lowest BCUT2D eigenvalue weighted by Gasteiger charge is -2.09. The van der Waals surface area contributed by atoms with Gasteiger partial charge in [-0.1, -0.05) is 6.07 Å². The highest BCUT2D eigenvalue weighted by Crippen LogP contribution is 2.29. The monoisotopic (exact) mass is 191 g/mol. The van der Waals surface area contributed by atoms with Gasteiger partial charge in [0.15, 0.2) is 24.4 Å². The Balaban J connectivity index is 3.06. The quantitative estimate of drug-likeness (QED) is 0.675. The van der Waals surface area contributed by atoms with E-state index in [1.54, 1.807) is 18.2 Å². The van der Waals surface area contributed by atoms with Gasteiger partial charge in [0.25, 0.3) is 0 Å². The summed E-state index contributed by atoms with van der Waals surface area (Å²) < 4.78 is 10.1. The Morgan fingerprint density at radius 1 is 1.57 bits per heavy atom. The van der Waals surface area contributed by atoms with E-state index in [-0.39, 0.29) is 6.61 Å². The smallest absolute Gasteiger partial charge is 0.174 e. The zero-order valence-electron chi connectivity index (χ0n) is 7.69. The van der Waals surface area contributed by atoms with E-state index in [9.17, 15) is 4.79 Å². The molecular formula is C10H9NO3. The molecule has 4 nitrogen and oxygen atoms in total. The van der Waals surface area contributed by atoms with Crippen molar-refractivity contribution >= 4 is 6.29 Å². The Hall–Kier alpha value is -2.02. The highest BCUT2D eigenvalue weighted by atomic mass is 16.5. The van der Waals surface area contributed by atoms with Crippen molar-refractivity contribution in [3.8, 4) is 17.6 Å². The third kappa shape index (κ3) is 2.02. The summed E-state index contributed by atoms with van der Waals surface area (Å²) >= 11 is 0. The second kappa shape index (κ2) is 4.87. The molecule has 72 valence electrons. The summed E-state index contributed by atoms with van der Waals surface area (Å²) in [7, 11) is 1.48. The number of carbonyl (C=O) groups is 1. The van der Waals surface area contributed by atoms with Crippen LogP contribution >= 0.6 is 0 Å². The second-order valence-electron chi connectivity index (χ2n) is 2.44. The topological polar surface area (TPSA) is 59.3 Å². The Kier molecular flexibility index (Phi) is 3.50. The van der Waals surface area contributed by atoms with Gasteiger partial charge >= 0.3 is 0 Å². The zero-order valence-corrected chi connectivity index (χ0v) is 7.69. The molecule has 0 bridgehead atoms. The lowest BCUT2D eigenvalue weighted by Crippen LogP contribution is -1.99. The number of benzene rings is 1. The molecule has 0 spiro atoms. The molecule has 0 amide bonds. The average molecular weight is 191 g/mol. The number of carbonyl (C=O) groups excluding carboxylic acids is 1. The van der Waals surface area contributed by atoms with E-state index >= 15 is 0 Å². The van der Waals surface area contributed by atoms with Crippen LogP contribution in [0.3, 0.4) is 0 Å². The summed E-state index contributed by atoms with van der Waals surface area (Å²) in [4.78, 5) is 10.6. The van der Waals surface area contributed by atoms with Crippen LogP contribution in [0, 0.1) is 11.3 Å². The average Bonchev–Trinajstić information content (AvgIpc) is 2.25. The molecule has 0 atom stereocenters. The van der Waals surface area contributed by atoms with Crippen LogP contribution in [0.1, 0.15) is 10.4 Å². The van der Waals surface area contributed by atoms with Gasteiger partial charge in [-0.15, -0.1) is 0 Å². The van der Waals surface area contributed by atoms with E-state index in [1.165, 1.54) is 7.11 Å². The first-order valence-corrected chi connectivity index (χ1v) is 3.95. The number of hydrogen-bond donors (Lipinski definition) is 0. The van der Waals surface area contributed by atoms with Gasteiger partial charge in [-0.3, -0.25) is 4.79 Å². The first-order valence-electron chi connectivity index (χ1n) is 3.95. The first kappa shape index (κ1) is 10.1. The molecule has 0 aliphatic heterocycles. The van der Waals surface area contributed by atoms with Crippen LogP contribution in [0.5, 0.6) is 11.5 Å². The number of aldehydes is 1. The minimum absolute atomic E-state index is 0.110. The molecule has 0 aliphatic rings. The molecule has 0 saturated carbocycles. The second-order valence-corrected chi connectivity index (χ2v) is 2.44. The molecule has 14 heavy (non-hydrogen) atoms. The van der Waals surface area contributed by atoms with Gasteiger partial charge in [-0.05, 0) is 12.1 Å². The van der Waals surface area contributed by atoms with Crippen molar-refractivity contribution in [3.05, 3.63) is 23.8 Å². The largest absolute Gasteiger partial charge is 0.493 e. The Morgan fingerprint density at radius 2 is 2.36 bits per heavy atom. The third-order valence-electron chi connectivity index (χ3n) is 1.64. The molecule has 0 fully saturated rings. The van der Waals surface area contributed by atoms with Crippen molar-refractivity contribution in [2.45, 2.75) is 0 Å². The molecule has 0 N–H and O–H groups in total. The molecule has 1 aromatic carbocycles. The Labute approximate surface area is 81.7 Å². The van der Waals surface area contributed by atoms with E-state index in [2.05, 4.69) is 0 Å². The van der Waals surface area contributed by atoms with Crippen LogP contribution in [0.25, 0.3) is 0 Å². The molecule has 0 radical (unpaired) electrons. The van der Waals surface area contributed by atoms with E-state index in [0.717, 1.165) is 0 Å². The molecular weight excluding hydrogens is 182 g/mol. The number of hydrogen-bond acceptors (Lipinski definition) is 4. The molecule has 1 rings (SSSR count). The summed E-state index contributed by atoms with van der Waals surface area (Å²) in [6.07, 6.45) is 0.662. The van der Waals surface area contributed by atoms with Crippen LogP contribution in [0.15, 0.2) is 18.2 Å². The van der Waals surface area contributed by atoms with Crippen molar-refractivity contribution in [3.63, 3.8) is 0 Å². The minimum Gasteiger partial charge on any atom is -0.493 e. The number of nitrogens with zero attached hydrogens (tertiary/aromatic N) is 1. The van der Waals surface area contributed by atoms with E-state index < -0.39 is 0 Å². The van der Waals surface area contributed by atoms with Gasteiger partial charge in [-0.2, -0.15) is 5.26 Å². The molecule has 0 unspecified atom stereocenters. The fraction of sp³-hybridized carbons (Fsp3) is 0.200. The normalized spacial score (nSPS) is 8.86. The van der Waals surface area contributed by atoms with Gasteiger partial charge in [0.2, 0.25) is 0 Å². The van der Waals surface area contributed by atoms with Crippen LogP contribution in [0.2, 0.25) is 0 Å². The lowest BCUT2D eigenvalue weighted by atomic mass is 10.2. The summed E-state index contributed by atoms with van der Waals surface area (Å²) in [6.45, 7) is -0.110. The fourth-order valence-electron chi connectivity index (χ4n) is 1.05. The van der Waals surface area contributed by atoms with E-state index in [4.69, 9.17) is 14.7 Å². The molecule has 0 heterocycles. The number of para-hydroxylation sites is 1. The number of nitriles is 1. The molecule has 0 aliphatic carbocycles. The first-order chi connectivity index (χ1) is 6.83. The van der Waals surface area contributed by atoms with Crippen molar-refractivity contribution in [2.24, 2.45) is 0 Å². The number of methoxy groups -OCH3 is 1. The number of rotatable bonds is 4. The Morgan fingerprint density at radius 3 is 2.93 bits per heavy atom. The van der Waals surface area contributed by atoms with Gasteiger partial charge in [0.1, 0.15) is 6.07 Å². The summed E-state index contributed by atoms with van der Waals surface area (Å²) in [5.74, 6) is 0.761. The SMILES string of the molecule is COc1cccc(C=O)c1OCC#N. The zero-order chi connectivity index (χ0) is 10.4. The van der Waals surface area contributed by atoms with Crippen LogP contribution in [0.4, 0.5) is 0 Å². The Bertz CT molecular complexity index is 368. The molecule has 0 saturated heterocycles. The van der Waals surface area contributed by atoms with E-state index in [1.807, 2.05) is 6.07 Å². The molecule has 4 heteroatoms. The standard InChI is InChI=1S/C10H9NO3/c1-13-9-4-2-3-8(7-12)10(9)14-6-5-11/h2-4,7H,6H2,1H3. The minimum atomic E-state index is -0.110. The van der Waals surface area contributed by atoms with Gasteiger partial charge in [-0.25, -0.2) is 0 Å². The van der Waals surface area contributed by atoms with Crippen LogP contribution < -0.4 is 9.47 Å². The van der Waals surface area contributed by atoms with Crippen molar-refractivity contribution in [2.75, 3.05) is 13.7 Å². The maximum Gasteiger partial charge on any atom is 0.174 e. The van der Waals surface area contributed by atoms with Crippen LogP contribution in [-0.2, 0) is 0 Å². The van der Waals surface area contributed by atoms with Crippen molar-refractivity contribution in [1.82, 2.24) is 0 Å². The van der Waals surface area contributed by atoms with E-state index in [0.29, 0.717) is 23.3 Å². The fourth-order valence-corrected chi connectivity index (χ4v) is 1.05. The van der Waals surface area contributed by atoms with Crippen molar-refractivity contribution < 1.29 is 14.3 Å². The highest BCUT2D eigenvalue weighted by molar-refractivity contribution is 5.81. The lowest BCUT2D eigenvalue weighted by molar-refractivity contribution is 0.111. The predicted octanol–water partition coefficient (Wildman–Crippen LogP) is 1.41. The molecule has 1 aromatic rings. The summed E-state index contributed by atoms with van der Waals surface area (Å²) in [5, 5.41) is 8.35. The maximum absolute atomic E-state index is 10.6. The maximum atomic E-state index is 10.6. The van der Waals surface area contributed by atoms with Gasteiger partial charge < -0.3 is 9.47 Å². The number of ether oxygens (including phenoxy) is 2. The third-order valence-corrected chi connectivity index (χ3v) is 1.64. The predicted molar refractivity (Wildman–Crippen MR) is 49.5 cm³/mol. The summed E-state index contributed by atoms with van der Waals surface area (Å²) in [6, 6.07) is 6.77. The van der Waals surface area contributed by atoms with Crippen LogP contribution in [-0.4, -0.2) is 20.0 Å². The highest BCUT2D eigenvalue weighted by Gasteiger charge is 2.08. The summed E-state index contributed by atoms with van der Waals surface area (Å²) in [5.41, 5.74) is 0.375. The van der Waals surface area contributed by atoms with Crippen molar-refractivity contribution in [1.29, 1.82) is 5.26 Å². The van der Waals surface area contributed by atoms with Gasteiger partial charge in [0, 0.05) is 0 Å². The molecule has 0 aromatic heterocycles.